The Hall–Kier alpha value is -0.820. The van der Waals surface area contributed by atoms with Crippen molar-refractivity contribution in [2.24, 2.45) is 17.8 Å². The van der Waals surface area contributed by atoms with E-state index < -0.39 is 20.4 Å². The lowest BCUT2D eigenvalue weighted by molar-refractivity contribution is 0.0203. The molecule has 1 aliphatic heterocycles. The van der Waals surface area contributed by atoms with E-state index in [0.717, 1.165) is 19.3 Å². The van der Waals surface area contributed by atoms with Crippen LogP contribution in [0.4, 0.5) is 4.79 Å². The number of likely N-dealkylation sites (tertiary alicyclic amines) is 1. The smallest absolute Gasteiger partial charge is 0.410 e. The van der Waals surface area contributed by atoms with Crippen molar-refractivity contribution in [2.45, 2.75) is 82.1 Å². The highest BCUT2D eigenvalue weighted by molar-refractivity contribution is 7.90. The predicted molar refractivity (Wildman–Crippen MR) is 99.2 cm³/mol. The fourth-order valence-corrected chi connectivity index (χ4v) is 8.16. The first-order chi connectivity index (χ1) is 12.1. The number of ether oxygens (including phenoxy) is 1. The third kappa shape index (κ3) is 3.26. The van der Waals surface area contributed by atoms with E-state index in [1.165, 1.54) is 12.8 Å². The average molecular weight is 385 g/mol. The molecule has 1 N–H and O–H groups in total. The van der Waals surface area contributed by atoms with E-state index in [-0.39, 0.29) is 12.1 Å². The van der Waals surface area contributed by atoms with Crippen LogP contribution in [0, 0.1) is 17.8 Å². The van der Waals surface area contributed by atoms with Crippen molar-refractivity contribution in [2.75, 3.05) is 13.1 Å². The molecule has 7 heteroatoms. The van der Waals surface area contributed by atoms with Gasteiger partial charge in [0.05, 0.1) is 4.75 Å². The lowest BCUT2D eigenvalue weighted by Gasteiger charge is -2.40. The quantitative estimate of drug-likeness (QED) is 0.812. The van der Waals surface area contributed by atoms with Gasteiger partial charge in [-0.1, -0.05) is 0 Å². The van der Waals surface area contributed by atoms with Crippen LogP contribution in [0.5, 0.6) is 0 Å². The summed E-state index contributed by atoms with van der Waals surface area (Å²) in [5, 5.41) is 0. The molecule has 26 heavy (non-hydrogen) atoms. The van der Waals surface area contributed by atoms with Crippen LogP contribution in [-0.2, 0) is 14.8 Å². The standard InChI is InChI=1S/C19H32N2O4S/c1-18(2,3)25-17(22)21-6-4-16(5-7-21)20-26(23,24)19-10-13-8-14(11-19)15(9-13)12-19/h13-16,20H,4-12H2,1-3H3. The Bertz CT molecular complexity index is 657. The lowest BCUT2D eigenvalue weighted by Crippen LogP contribution is -2.54. The summed E-state index contributed by atoms with van der Waals surface area (Å²) in [6.45, 7) is 6.66. The van der Waals surface area contributed by atoms with E-state index in [1.54, 1.807) is 4.90 Å². The highest BCUT2D eigenvalue weighted by atomic mass is 32.2. The molecule has 0 aromatic heterocycles. The minimum atomic E-state index is -3.31. The van der Waals surface area contributed by atoms with Gasteiger partial charge in [0.25, 0.3) is 0 Å². The number of sulfonamides is 1. The minimum absolute atomic E-state index is 0.0645. The molecule has 5 fully saturated rings. The first-order valence-corrected chi connectivity index (χ1v) is 11.6. The summed E-state index contributed by atoms with van der Waals surface area (Å²) in [5.74, 6) is 1.90. The molecule has 1 amide bonds. The summed E-state index contributed by atoms with van der Waals surface area (Å²) >= 11 is 0. The van der Waals surface area contributed by atoms with Crippen molar-refractivity contribution in [3.05, 3.63) is 0 Å². The highest BCUT2D eigenvalue weighted by Gasteiger charge is 2.61. The molecule has 4 aliphatic carbocycles. The molecule has 6 nitrogen and oxygen atoms in total. The van der Waals surface area contributed by atoms with Crippen LogP contribution >= 0.6 is 0 Å². The molecule has 2 unspecified atom stereocenters. The molecule has 5 aliphatic rings. The fourth-order valence-electron chi connectivity index (χ4n) is 5.92. The number of amides is 1. The molecular weight excluding hydrogens is 352 g/mol. The van der Waals surface area contributed by atoms with Gasteiger partial charge >= 0.3 is 6.09 Å². The first-order valence-electron chi connectivity index (χ1n) is 10.1. The Morgan fingerprint density at radius 3 is 2.15 bits per heavy atom. The number of carbonyl (C=O) groups excluding carboxylic acids is 1. The maximum atomic E-state index is 13.2. The Kier molecular flexibility index (Phi) is 4.34. The molecule has 0 radical (unpaired) electrons. The molecule has 5 rings (SSSR count). The summed E-state index contributed by atoms with van der Waals surface area (Å²) in [6.07, 6.45) is 6.08. The Morgan fingerprint density at radius 2 is 1.65 bits per heavy atom. The van der Waals surface area contributed by atoms with Crippen molar-refractivity contribution < 1.29 is 17.9 Å². The van der Waals surface area contributed by atoms with Gasteiger partial charge in [-0.25, -0.2) is 17.9 Å². The zero-order valence-electron chi connectivity index (χ0n) is 16.2. The number of piperidine rings is 1. The van der Waals surface area contributed by atoms with Gasteiger partial charge in [-0.15, -0.1) is 0 Å². The van der Waals surface area contributed by atoms with E-state index in [2.05, 4.69) is 4.72 Å². The number of nitrogens with zero attached hydrogens (tertiary/aromatic N) is 1. The fraction of sp³-hybridized carbons (Fsp3) is 0.947. The minimum Gasteiger partial charge on any atom is -0.444 e. The number of rotatable bonds is 3. The first kappa shape index (κ1) is 18.5. The maximum absolute atomic E-state index is 13.2. The lowest BCUT2D eigenvalue weighted by atomic mass is 9.81. The zero-order chi connectivity index (χ0) is 18.7. The molecule has 1 heterocycles. The van der Waals surface area contributed by atoms with E-state index in [9.17, 15) is 13.2 Å². The van der Waals surface area contributed by atoms with Crippen LogP contribution < -0.4 is 4.72 Å². The molecule has 148 valence electrons. The van der Waals surface area contributed by atoms with E-state index in [4.69, 9.17) is 4.74 Å². The van der Waals surface area contributed by atoms with Crippen molar-refractivity contribution in [1.82, 2.24) is 9.62 Å². The number of nitrogens with one attached hydrogen (secondary N) is 1. The second-order valence-electron chi connectivity index (χ2n) is 10.0. The molecule has 4 bridgehead atoms. The predicted octanol–water partition coefficient (Wildman–Crippen LogP) is 2.88. The van der Waals surface area contributed by atoms with Crippen LogP contribution in [0.15, 0.2) is 0 Å². The van der Waals surface area contributed by atoms with E-state index >= 15 is 0 Å². The third-order valence-corrected chi connectivity index (χ3v) is 9.19. The maximum Gasteiger partial charge on any atom is 0.410 e. The van der Waals surface area contributed by atoms with E-state index in [1.807, 2.05) is 20.8 Å². The van der Waals surface area contributed by atoms with Gasteiger partial charge in [0.15, 0.2) is 0 Å². The van der Waals surface area contributed by atoms with Crippen LogP contribution in [0.2, 0.25) is 0 Å². The van der Waals surface area contributed by atoms with Gasteiger partial charge in [-0.05, 0) is 83.5 Å². The molecule has 0 spiro atoms. The number of hydrogen-bond acceptors (Lipinski definition) is 4. The number of hydrogen-bond donors (Lipinski definition) is 1. The largest absolute Gasteiger partial charge is 0.444 e. The summed E-state index contributed by atoms with van der Waals surface area (Å²) in [6, 6.07) is -0.0645. The second kappa shape index (κ2) is 6.09. The zero-order valence-corrected chi connectivity index (χ0v) is 17.0. The topological polar surface area (TPSA) is 75.7 Å². The van der Waals surface area contributed by atoms with Crippen molar-refractivity contribution >= 4 is 16.1 Å². The normalized spacial score (nSPS) is 37.3. The van der Waals surface area contributed by atoms with Crippen LogP contribution in [0.1, 0.15) is 65.7 Å². The summed E-state index contributed by atoms with van der Waals surface area (Å²) in [4.78, 5) is 13.9. The van der Waals surface area contributed by atoms with Gasteiger partial charge < -0.3 is 9.64 Å². The second-order valence-corrected chi connectivity index (χ2v) is 12.1. The molecule has 0 aromatic carbocycles. The van der Waals surface area contributed by atoms with Crippen LogP contribution in [-0.4, -0.2) is 48.9 Å². The van der Waals surface area contributed by atoms with E-state index in [0.29, 0.717) is 43.7 Å². The van der Waals surface area contributed by atoms with Gasteiger partial charge in [0.1, 0.15) is 5.60 Å². The van der Waals surface area contributed by atoms with Gasteiger partial charge in [-0.2, -0.15) is 0 Å². The van der Waals surface area contributed by atoms with Crippen molar-refractivity contribution in [3.8, 4) is 0 Å². The average Bonchev–Trinajstić information content (AvgIpc) is 2.94. The summed E-state index contributed by atoms with van der Waals surface area (Å²) < 4.78 is 34.3. The van der Waals surface area contributed by atoms with Crippen LogP contribution in [0.3, 0.4) is 0 Å². The molecular formula is C19H32N2O4S. The SMILES string of the molecule is CC(C)(C)OC(=O)N1CCC(NS(=O)(=O)C23CC4CC(C2)C(C4)C3)CC1. The van der Waals surface area contributed by atoms with Gasteiger partial charge in [-0.3, -0.25) is 0 Å². The molecule has 0 aromatic rings. The van der Waals surface area contributed by atoms with Crippen LogP contribution in [0.25, 0.3) is 0 Å². The third-order valence-electron chi connectivity index (χ3n) is 6.91. The Balaban J connectivity index is 1.34. The number of carbonyl (C=O) groups is 1. The molecule has 1 saturated heterocycles. The monoisotopic (exact) mass is 384 g/mol. The molecule has 2 atom stereocenters. The van der Waals surface area contributed by atoms with Crippen molar-refractivity contribution in [3.63, 3.8) is 0 Å². The van der Waals surface area contributed by atoms with Crippen molar-refractivity contribution in [1.29, 1.82) is 0 Å². The summed E-state index contributed by atoms with van der Waals surface area (Å²) in [5.41, 5.74) is -0.504. The summed E-state index contributed by atoms with van der Waals surface area (Å²) in [7, 11) is -3.31. The molecule has 4 saturated carbocycles. The highest BCUT2D eigenvalue weighted by Crippen LogP contribution is 2.62. The Labute approximate surface area is 157 Å². The van der Waals surface area contributed by atoms with Gasteiger partial charge in [0.2, 0.25) is 10.0 Å². The Morgan fingerprint density at radius 1 is 1.08 bits per heavy atom. The van der Waals surface area contributed by atoms with Gasteiger partial charge in [0, 0.05) is 19.1 Å².